The van der Waals surface area contributed by atoms with Crippen LogP contribution in [0.25, 0.3) is 5.70 Å². The number of nitrogens with one attached hydrogen (secondary N) is 1. The van der Waals surface area contributed by atoms with Gasteiger partial charge in [0.1, 0.15) is 5.75 Å². The first-order chi connectivity index (χ1) is 7.83. The lowest BCUT2D eigenvalue weighted by Gasteiger charge is -2.21. The summed E-state index contributed by atoms with van der Waals surface area (Å²) in [6, 6.07) is 6.55. The van der Waals surface area contributed by atoms with Crippen LogP contribution in [0, 0.1) is 5.92 Å². The molecule has 0 aliphatic carbocycles. The second-order valence-electron chi connectivity index (χ2n) is 4.76. The Balaban J connectivity index is 1.90. The van der Waals surface area contributed by atoms with Gasteiger partial charge in [-0.3, -0.25) is 0 Å². The van der Waals surface area contributed by atoms with Crippen molar-refractivity contribution in [2.75, 3.05) is 13.2 Å². The van der Waals surface area contributed by atoms with E-state index in [1.54, 1.807) is 0 Å². The molecule has 1 aromatic carbocycles. The average Bonchev–Trinajstić information content (AvgIpc) is 2.77. The van der Waals surface area contributed by atoms with Crippen molar-refractivity contribution in [3.8, 4) is 5.75 Å². The Labute approximate surface area is 96.3 Å². The van der Waals surface area contributed by atoms with Gasteiger partial charge in [0.05, 0.1) is 6.61 Å². The summed E-state index contributed by atoms with van der Waals surface area (Å²) >= 11 is 0. The van der Waals surface area contributed by atoms with E-state index in [1.807, 2.05) is 0 Å². The van der Waals surface area contributed by atoms with Crippen LogP contribution < -0.4 is 10.1 Å². The van der Waals surface area contributed by atoms with E-state index >= 15 is 0 Å². The monoisotopic (exact) mass is 215 g/mol. The van der Waals surface area contributed by atoms with Gasteiger partial charge in [-0.15, -0.1) is 0 Å². The van der Waals surface area contributed by atoms with Crippen LogP contribution >= 0.6 is 0 Å². The van der Waals surface area contributed by atoms with Crippen molar-refractivity contribution in [1.82, 2.24) is 5.32 Å². The lowest BCUT2D eigenvalue weighted by Crippen LogP contribution is -2.23. The second kappa shape index (κ2) is 3.85. The fraction of sp³-hybridized carbons (Fsp3) is 0.429. The fourth-order valence-corrected chi connectivity index (χ4v) is 2.31. The summed E-state index contributed by atoms with van der Waals surface area (Å²) in [4.78, 5) is 0. The molecule has 3 rings (SSSR count). The predicted octanol–water partition coefficient (Wildman–Crippen LogP) is 2.59. The molecule has 1 atom stereocenters. The number of benzene rings is 1. The molecular weight excluding hydrogens is 198 g/mol. The Kier molecular flexibility index (Phi) is 2.35. The lowest BCUT2D eigenvalue weighted by atomic mass is 9.99. The minimum absolute atomic E-state index is 0.745. The van der Waals surface area contributed by atoms with E-state index in [4.69, 9.17) is 4.74 Å². The summed E-state index contributed by atoms with van der Waals surface area (Å²) in [7, 11) is 0. The third kappa shape index (κ3) is 1.69. The SMILES string of the molecule is CC1CC=C(c2ccc3c(c2)OCC3)NC1. The van der Waals surface area contributed by atoms with Crippen molar-refractivity contribution in [2.24, 2.45) is 5.92 Å². The lowest BCUT2D eigenvalue weighted by molar-refractivity contribution is 0.356. The molecule has 2 heterocycles. The van der Waals surface area contributed by atoms with Crippen molar-refractivity contribution in [2.45, 2.75) is 19.8 Å². The maximum atomic E-state index is 5.60. The van der Waals surface area contributed by atoms with Crippen LogP contribution in [0.15, 0.2) is 24.3 Å². The van der Waals surface area contributed by atoms with E-state index in [9.17, 15) is 0 Å². The molecule has 1 N–H and O–H groups in total. The molecule has 0 aromatic heterocycles. The molecule has 0 fully saturated rings. The zero-order valence-corrected chi connectivity index (χ0v) is 9.62. The molecular formula is C14H17NO. The Morgan fingerprint density at radius 2 is 2.31 bits per heavy atom. The summed E-state index contributed by atoms with van der Waals surface area (Å²) < 4.78 is 5.60. The van der Waals surface area contributed by atoms with Gasteiger partial charge in [0.25, 0.3) is 0 Å². The molecule has 84 valence electrons. The zero-order chi connectivity index (χ0) is 11.0. The van der Waals surface area contributed by atoms with Crippen molar-refractivity contribution in [3.05, 3.63) is 35.4 Å². The maximum absolute atomic E-state index is 5.60. The molecule has 0 spiro atoms. The summed E-state index contributed by atoms with van der Waals surface area (Å²) in [6.45, 7) is 4.18. The molecule has 2 nitrogen and oxygen atoms in total. The summed E-state index contributed by atoms with van der Waals surface area (Å²) in [6.07, 6.45) is 4.52. The highest BCUT2D eigenvalue weighted by atomic mass is 16.5. The minimum Gasteiger partial charge on any atom is -0.493 e. The summed E-state index contributed by atoms with van der Waals surface area (Å²) in [5, 5.41) is 3.48. The minimum atomic E-state index is 0.745. The van der Waals surface area contributed by atoms with E-state index in [0.717, 1.165) is 31.2 Å². The van der Waals surface area contributed by atoms with Gasteiger partial charge >= 0.3 is 0 Å². The van der Waals surface area contributed by atoms with Crippen molar-refractivity contribution in [3.63, 3.8) is 0 Å². The molecule has 0 bridgehead atoms. The van der Waals surface area contributed by atoms with Gasteiger partial charge in [-0.2, -0.15) is 0 Å². The maximum Gasteiger partial charge on any atom is 0.123 e. The Hall–Kier alpha value is -1.44. The average molecular weight is 215 g/mol. The molecule has 2 aliphatic rings. The number of hydrogen-bond donors (Lipinski definition) is 1. The Bertz CT molecular complexity index is 436. The number of hydrogen-bond acceptors (Lipinski definition) is 2. The van der Waals surface area contributed by atoms with Crippen molar-refractivity contribution < 1.29 is 4.74 Å². The molecule has 1 unspecified atom stereocenters. The topological polar surface area (TPSA) is 21.3 Å². The van der Waals surface area contributed by atoms with Gasteiger partial charge in [-0.25, -0.2) is 0 Å². The molecule has 0 saturated carbocycles. The van der Waals surface area contributed by atoms with Crippen molar-refractivity contribution in [1.29, 1.82) is 0 Å². The van der Waals surface area contributed by atoms with Crippen LogP contribution in [0.2, 0.25) is 0 Å². The first kappa shape index (κ1) is 9.76. The van der Waals surface area contributed by atoms with Gasteiger partial charge in [-0.1, -0.05) is 25.1 Å². The third-order valence-electron chi connectivity index (χ3n) is 3.37. The standard InChI is InChI=1S/C14H17NO/c1-10-2-5-13(15-9-10)12-4-3-11-6-7-16-14(11)8-12/h3-5,8,10,15H,2,6-7,9H2,1H3. The van der Waals surface area contributed by atoms with Gasteiger partial charge in [0, 0.05) is 24.2 Å². The quantitative estimate of drug-likeness (QED) is 0.777. The molecule has 0 radical (unpaired) electrons. The van der Waals surface area contributed by atoms with Crippen molar-refractivity contribution >= 4 is 5.70 Å². The fourth-order valence-electron chi connectivity index (χ4n) is 2.31. The largest absolute Gasteiger partial charge is 0.493 e. The Morgan fingerprint density at radius 3 is 3.12 bits per heavy atom. The van der Waals surface area contributed by atoms with E-state index in [1.165, 1.54) is 23.2 Å². The smallest absolute Gasteiger partial charge is 0.123 e. The van der Waals surface area contributed by atoms with Gasteiger partial charge in [-0.05, 0) is 24.0 Å². The summed E-state index contributed by atoms with van der Waals surface area (Å²) in [5.74, 6) is 1.81. The van der Waals surface area contributed by atoms with Crippen LogP contribution in [0.5, 0.6) is 5.75 Å². The first-order valence-electron chi connectivity index (χ1n) is 6.03. The van der Waals surface area contributed by atoms with E-state index in [0.29, 0.717) is 0 Å². The van der Waals surface area contributed by atoms with Crippen LogP contribution in [-0.4, -0.2) is 13.2 Å². The number of fused-ring (bicyclic) bond motifs is 1. The highest BCUT2D eigenvalue weighted by Gasteiger charge is 2.15. The molecule has 0 amide bonds. The molecule has 16 heavy (non-hydrogen) atoms. The van der Waals surface area contributed by atoms with Crippen LogP contribution in [0.3, 0.4) is 0 Å². The van der Waals surface area contributed by atoms with E-state index in [2.05, 4.69) is 36.5 Å². The first-order valence-corrected chi connectivity index (χ1v) is 6.03. The molecule has 2 heteroatoms. The zero-order valence-electron chi connectivity index (χ0n) is 9.62. The Morgan fingerprint density at radius 1 is 1.38 bits per heavy atom. The van der Waals surface area contributed by atoms with Crippen LogP contribution in [0.1, 0.15) is 24.5 Å². The van der Waals surface area contributed by atoms with E-state index in [-0.39, 0.29) is 0 Å². The predicted molar refractivity (Wildman–Crippen MR) is 65.4 cm³/mol. The van der Waals surface area contributed by atoms with Gasteiger partial charge in [0.2, 0.25) is 0 Å². The van der Waals surface area contributed by atoms with Gasteiger partial charge in [0.15, 0.2) is 0 Å². The third-order valence-corrected chi connectivity index (χ3v) is 3.37. The highest BCUT2D eigenvalue weighted by Crippen LogP contribution is 2.29. The second-order valence-corrected chi connectivity index (χ2v) is 4.76. The number of ether oxygens (including phenoxy) is 1. The van der Waals surface area contributed by atoms with Crippen LogP contribution in [0.4, 0.5) is 0 Å². The molecule has 2 aliphatic heterocycles. The van der Waals surface area contributed by atoms with Gasteiger partial charge < -0.3 is 10.1 Å². The van der Waals surface area contributed by atoms with Crippen LogP contribution in [-0.2, 0) is 6.42 Å². The molecule has 0 saturated heterocycles. The number of allylic oxidation sites excluding steroid dienone is 1. The highest BCUT2D eigenvalue weighted by molar-refractivity contribution is 5.66. The summed E-state index contributed by atoms with van der Waals surface area (Å²) in [5.41, 5.74) is 3.86. The normalized spacial score (nSPS) is 23.1. The number of rotatable bonds is 1. The molecule has 1 aromatic rings. The van der Waals surface area contributed by atoms with E-state index < -0.39 is 0 Å².